The van der Waals surface area contributed by atoms with E-state index in [1.165, 1.54) is 13.0 Å². The van der Waals surface area contributed by atoms with Crippen LogP contribution in [0.3, 0.4) is 0 Å². The van der Waals surface area contributed by atoms with Crippen LogP contribution < -0.4 is 10.6 Å². The van der Waals surface area contributed by atoms with Crippen LogP contribution >= 0.6 is 0 Å². The summed E-state index contributed by atoms with van der Waals surface area (Å²) in [6.45, 7) is 6.64. The number of amides is 3. The van der Waals surface area contributed by atoms with E-state index in [-0.39, 0.29) is 11.3 Å². The Bertz CT molecular complexity index is 855. The van der Waals surface area contributed by atoms with Gasteiger partial charge in [-0.05, 0) is 39.1 Å². The highest BCUT2D eigenvalue weighted by Crippen LogP contribution is 2.29. The van der Waals surface area contributed by atoms with Gasteiger partial charge in [-0.15, -0.1) is 0 Å². The molecule has 0 aliphatic heterocycles. The molecular formula is C19H22N2O5. The largest absolute Gasteiger partial charge is 0.506 e. The molecule has 0 heterocycles. The van der Waals surface area contributed by atoms with Gasteiger partial charge in [-0.1, -0.05) is 30.3 Å². The van der Waals surface area contributed by atoms with Crippen molar-refractivity contribution < 1.29 is 24.2 Å². The van der Waals surface area contributed by atoms with Crippen LogP contribution in [0.25, 0.3) is 10.8 Å². The summed E-state index contributed by atoms with van der Waals surface area (Å²) in [6.07, 6.45) is -1.21. The molecule has 0 bridgehead atoms. The van der Waals surface area contributed by atoms with Gasteiger partial charge in [0.05, 0.1) is 0 Å². The van der Waals surface area contributed by atoms with Crippen molar-refractivity contribution in [2.75, 3.05) is 0 Å². The van der Waals surface area contributed by atoms with Gasteiger partial charge in [0.1, 0.15) is 11.3 Å². The second-order valence-electron chi connectivity index (χ2n) is 6.92. The van der Waals surface area contributed by atoms with Crippen LogP contribution in [-0.4, -0.2) is 34.7 Å². The van der Waals surface area contributed by atoms with E-state index in [0.717, 1.165) is 5.39 Å². The van der Waals surface area contributed by atoms with Gasteiger partial charge in [0.15, 0.2) is 6.10 Å². The van der Waals surface area contributed by atoms with Crippen LogP contribution in [0.1, 0.15) is 38.1 Å². The van der Waals surface area contributed by atoms with E-state index in [2.05, 4.69) is 10.6 Å². The molecule has 0 saturated carbocycles. The summed E-state index contributed by atoms with van der Waals surface area (Å²) in [7, 11) is 0. The molecule has 0 radical (unpaired) electrons. The number of esters is 1. The number of fused-ring (bicyclic) bond motifs is 1. The second kappa shape index (κ2) is 7.43. The number of carbonyl (C=O) groups is 3. The van der Waals surface area contributed by atoms with Gasteiger partial charge in [0.25, 0.3) is 5.91 Å². The molecule has 2 aromatic rings. The van der Waals surface area contributed by atoms with E-state index < -0.39 is 29.6 Å². The molecule has 138 valence electrons. The lowest BCUT2D eigenvalue weighted by Crippen LogP contribution is -2.50. The number of phenolic OH excluding ortho intramolecular Hbond substituents is 1. The number of ether oxygens (including phenoxy) is 1. The zero-order valence-corrected chi connectivity index (χ0v) is 15.1. The van der Waals surface area contributed by atoms with E-state index in [9.17, 15) is 19.5 Å². The van der Waals surface area contributed by atoms with Crippen molar-refractivity contribution >= 4 is 28.7 Å². The molecule has 2 rings (SSSR count). The fourth-order valence-electron chi connectivity index (χ4n) is 2.28. The van der Waals surface area contributed by atoms with Crippen LogP contribution in [0.4, 0.5) is 4.79 Å². The maximum atomic E-state index is 12.3. The average Bonchev–Trinajstić information content (AvgIpc) is 2.53. The van der Waals surface area contributed by atoms with E-state index in [1.807, 2.05) is 6.07 Å². The van der Waals surface area contributed by atoms with Crippen molar-refractivity contribution in [2.24, 2.45) is 0 Å². The molecule has 3 N–H and O–H groups in total. The second-order valence-corrected chi connectivity index (χ2v) is 6.92. The molecule has 0 spiro atoms. The first kappa shape index (κ1) is 19.2. The summed E-state index contributed by atoms with van der Waals surface area (Å²) >= 11 is 0. The number of aromatic hydroxyl groups is 1. The van der Waals surface area contributed by atoms with E-state index in [4.69, 9.17) is 4.74 Å². The third-order valence-electron chi connectivity index (χ3n) is 3.50. The highest BCUT2D eigenvalue weighted by atomic mass is 16.5. The minimum absolute atomic E-state index is 0.0532. The molecule has 1 atom stereocenters. The Kier molecular flexibility index (Phi) is 5.50. The average molecular weight is 358 g/mol. The number of urea groups is 1. The standard InChI is InChI=1S/C19H22N2O5/c1-11(16(23)20-18(25)21-19(2,3)4)26-17(24)14-10-9-12-7-5-6-8-13(12)15(14)22/h5-11,22H,1-4H3,(H2,20,21,23,25)/t11-/m1/s1. The SMILES string of the molecule is C[C@@H](OC(=O)c1ccc2ccccc2c1O)C(=O)NC(=O)NC(C)(C)C. The topological polar surface area (TPSA) is 105 Å². The quantitative estimate of drug-likeness (QED) is 0.732. The summed E-state index contributed by atoms with van der Waals surface area (Å²) in [5.74, 6) is -1.83. The first-order chi connectivity index (χ1) is 12.1. The number of hydrogen-bond acceptors (Lipinski definition) is 5. The molecule has 0 saturated heterocycles. The van der Waals surface area contributed by atoms with Crippen molar-refractivity contribution in [1.82, 2.24) is 10.6 Å². The Labute approximate surface area is 151 Å². The third kappa shape index (κ3) is 4.72. The summed E-state index contributed by atoms with van der Waals surface area (Å²) in [4.78, 5) is 36.0. The molecule has 7 heteroatoms. The van der Waals surface area contributed by atoms with Crippen LogP contribution in [0, 0.1) is 0 Å². The van der Waals surface area contributed by atoms with Crippen LogP contribution in [0.2, 0.25) is 0 Å². The first-order valence-corrected chi connectivity index (χ1v) is 8.13. The lowest BCUT2D eigenvalue weighted by atomic mass is 10.1. The molecule has 0 fully saturated rings. The molecule has 7 nitrogen and oxygen atoms in total. The van der Waals surface area contributed by atoms with E-state index in [0.29, 0.717) is 5.39 Å². The Hall–Kier alpha value is -3.09. The van der Waals surface area contributed by atoms with Crippen molar-refractivity contribution in [3.05, 3.63) is 42.0 Å². The van der Waals surface area contributed by atoms with E-state index in [1.54, 1.807) is 45.0 Å². The van der Waals surface area contributed by atoms with Gasteiger partial charge >= 0.3 is 12.0 Å². The van der Waals surface area contributed by atoms with Gasteiger partial charge in [-0.25, -0.2) is 9.59 Å². The number of benzene rings is 2. The highest BCUT2D eigenvalue weighted by molar-refractivity contribution is 6.03. The summed E-state index contributed by atoms with van der Waals surface area (Å²) in [5.41, 5.74) is -0.566. The Morgan fingerprint density at radius 1 is 1.08 bits per heavy atom. The monoisotopic (exact) mass is 358 g/mol. The van der Waals surface area contributed by atoms with Crippen molar-refractivity contribution in [1.29, 1.82) is 0 Å². The molecule has 0 aliphatic rings. The maximum Gasteiger partial charge on any atom is 0.342 e. The van der Waals surface area contributed by atoms with Crippen LogP contribution in [0.5, 0.6) is 5.75 Å². The van der Waals surface area contributed by atoms with Crippen molar-refractivity contribution in [2.45, 2.75) is 39.3 Å². The van der Waals surface area contributed by atoms with Crippen LogP contribution in [0.15, 0.2) is 36.4 Å². The number of hydrogen-bond donors (Lipinski definition) is 3. The molecule has 3 amide bonds. The van der Waals surface area contributed by atoms with Gasteiger partial charge < -0.3 is 15.2 Å². The first-order valence-electron chi connectivity index (χ1n) is 8.13. The third-order valence-corrected chi connectivity index (χ3v) is 3.50. The zero-order valence-electron chi connectivity index (χ0n) is 15.1. The molecule has 0 unspecified atom stereocenters. The molecule has 26 heavy (non-hydrogen) atoms. The number of carbonyl (C=O) groups excluding carboxylic acids is 3. The number of nitrogens with one attached hydrogen (secondary N) is 2. The van der Waals surface area contributed by atoms with Gasteiger partial charge in [0, 0.05) is 10.9 Å². The molecule has 0 aliphatic carbocycles. The Balaban J connectivity index is 2.06. The highest BCUT2D eigenvalue weighted by Gasteiger charge is 2.24. The zero-order chi connectivity index (χ0) is 19.5. The minimum Gasteiger partial charge on any atom is -0.506 e. The predicted octanol–water partition coefficient (Wildman–Crippen LogP) is 2.72. The van der Waals surface area contributed by atoms with E-state index >= 15 is 0 Å². The number of phenols is 1. The summed E-state index contributed by atoms with van der Waals surface area (Å²) in [6, 6.07) is 9.45. The maximum absolute atomic E-state index is 12.3. The van der Waals surface area contributed by atoms with Crippen molar-refractivity contribution in [3.63, 3.8) is 0 Å². The van der Waals surface area contributed by atoms with Gasteiger partial charge in [-0.3, -0.25) is 10.1 Å². The summed E-state index contributed by atoms with van der Waals surface area (Å²) in [5, 5.41) is 16.2. The fraction of sp³-hybridized carbons (Fsp3) is 0.316. The Morgan fingerprint density at radius 3 is 2.38 bits per heavy atom. The van der Waals surface area contributed by atoms with Crippen molar-refractivity contribution in [3.8, 4) is 5.75 Å². The lowest BCUT2D eigenvalue weighted by Gasteiger charge is -2.21. The van der Waals surface area contributed by atoms with Gasteiger partial charge in [0.2, 0.25) is 0 Å². The van der Waals surface area contributed by atoms with Crippen LogP contribution in [-0.2, 0) is 9.53 Å². The number of rotatable bonds is 3. The minimum atomic E-state index is -1.21. The summed E-state index contributed by atoms with van der Waals surface area (Å²) < 4.78 is 5.07. The molecule has 2 aromatic carbocycles. The normalized spacial score (nSPS) is 12.3. The number of imide groups is 1. The molecular weight excluding hydrogens is 336 g/mol. The predicted molar refractivity (Wildman–Crippen MR) is 96.9 cm³/mol. The molecule has 0 aromatic heterocycles. The van der Waals surface area contributed by atoms with Gasteiger partial charge in [-0.2, -0.15) is 0 Å². The fourth-order valence-corrected chi connectivity index (χ4v) is 2.28. The smallest absolute Gasteiger partial charge is 0.342 e. The Morgan fingerprint density at radius 2 is 1.73 bits per heavy atom. The lowest BCUT2D eigenvalue weighted by molar-refractivity contribution is -0.127.